The standard InChI is InChI=1S/C32H27F3Si/c1-36(2,3)31-18-14-25(15-19-31)27-9-11-28-20-26(8-10-29(28)21-27)24-6-4-22(5-7-24)23-12-16-30(17-13-23)32(33,34)35/h4-21H,1-3H3. The first-order chi connectivity index (χ1) is 17.1. The normalized spacial score (nSPS) is 12.2. The molecule has 0 radical (unpaired) electrons. The smallest absolute Gasteiger partial charge is 0.166 e. The van der Waals surface area contributed by atoms with Gasteiger partial charge in [0.25, 0.3) is 0 Å². The minimum absolute atomic E-state index is 0.634. The fourth-order valence-electron chi connectivity index (χ4n) is 4.47. The molecule has 0 heterocycles. The summed E-state index contributed by atoms with van der Waals surface area (Å²) < 4.78 is 38.5. The number of alkyl halides is 3. The number of benzene rings is 5. The van der Waals surface area contributed by atoms with Crippen LogP contribution >= 0.6 is 0 Å². The number of hydrogen-bond donors (Lipinski definition) is 0. The molecule has 0 unspecified atom stereocenters. The zero-order valence-electron chi connectivity index (χ0n) is 20.5. The van der Waals surface area contributed by atoms with Gasteiger partial charge in [0.05, 0.1) is 13.6 Å². The van der Waals surface area contributed by atoms with Crippen LogP contribution in [0.3, 0.4) is 0 Å². The van der Waals surface area contributed by atoms with Crippen LogP contribution in [0, 0.1) is 0 Å². The number of hydrogen-bond acceptors (Lipinski definition) is 0. The van der Waals surface area contributed by atoms with E-state index in [1.807, 2.05) is 24.3 Å². The molecule has 0 aliphatic carbocycles. The lowest BCUT2D eigenvalue weighted by Crippen LogP contribution is -2.37. The second-order valence-electron chi connectivity index (χ2n) is 10.3. The first kappa shape index (κ1) is 24.1. The van der Waals surface area contributed by atoms with Crippen LogP contribution < -0.4 is 5.19 Å². The predicted molar refractivity (Wildman–Crippen MR) is 148 cm³/mol. The molecule has 0 nitrogen and oxygen atoms in total. The summed E-state index contributed by atoms with van der Waals surface area (Å²) in [4.78, 5) is 0. The third kappa shape index (κ3) is 5.00. The van der Waals surface area contributed by atoms with Gasteiger partial charge in [0.15, 0.2) is 0 Å². The largest absolute Gasteiger partial charge is 0.416 e. The maximum atomic E-state index is 12.8. The van der Waals surface area contributed by atoms with Crippen molar-refractivity contribution < 1.29 is 13.2 Å². The number of fused-ring (bicyclic) bond motifs is 1. The summed E-state index contributed by atoms with van der Waals surface area (Å²) in [6, 6.07) is 35.2. The molecule has 0 atom stereocenters. The Morgan fingerprint density at radius 1 is 0.444 bits per heavy atom. The van der Waals surface area contributed by atoms with Crippen molar-refractivity contribution in [3.05, 3.63) is 115 Å². The minimum atomic E-state index is -4.32. The Labute approximate surface area is 211 Å². The van der Waals surface area contributed by atoms with Gasteiger partial charge in [-0.3, -0.25) is 0 Å². The summed E-state index contributed by atoms with van der Waals surface area (Å²) in [5.74, 6) is 0. The second kappa shape index (κ2) is 9.10. The summed E-state index contributed by atoms with van der Waals surface area (Å²) in [6.45, 7) is 7.08. The summed E-state index contributed by atoms with van der Waals surface area (Å²) in [7, 11) is -1.31. The molecule has 0 aliphatic rings. The maximum absolute atomic E-state index is 12.8. The lowest BCUT2D eigenvalue weighted by atomic mass is 9.96. The van der Waals surface area contributed by atoms with Gasteiger partial charge in [-0.2, -0.15) is 13.2 Å². The zero-order valence-corrected chi connectivity index (χ0v) is 21.5. The molecular formula is C32H27F3Si. The molecule has 5 aromatic rings. The van der Waals surface area contributed by atoms with Crippen molar-refractivity contribution in [2.75, 3.05) is 0 Å². The van der Waals surface area contributed by atoms with Crippen molar-refractivity contribution >= 4 is 24.0 Å². The highest BCUT2D eigenvalue weighted by atomic mass is 28.3. The highest BCUT2D eigenvalue weighted by Gasteiger charge is 2.29. The van der Waals surface area contributed by atoms with Crippen LogP contribution in [0.5, 0.6) is 0 Å². The molecule has 0 aliphatic heterocycles. The summed E-state index contributed by atoms with van der Waals surface area (Å²) >= 11 is 0. The van der Waals surface area contributed by atoms with Crippen LogP contribution in [0.15, 0.2) is 109 Å². The van der Waals surface area contributed by atoms with Crippen LogP contribution in [0.25, 0.3) is 44.2 Å². The molecule has 0 bridgehead atoms. The lowest BCUT2D eigenvalue weighted by molar-refractivity contribution is -0.137. The van der Waals surface area contributed by atoms with Crippen molar-refractivity contribution in [3.8, 4) is 33.4 Å². The SMILES string of the molecule is C[Si](C)(C)c1ccc(-c2ccc3cc(-c4ccc(-c5ccc(C(F)(F)F)cc5)cc4)ccc3c2)cc1. The van der Waals surface area contributed by atoms with E-state index in [0.29, 0.717) is 0 Å². The van der Waals surface area contributed by atoms with E-state index in [1.54, 1.807) is 0 Å². The average molecular weight is 497 g/mol. The van der Waals surface area contributed by atoms with Crippen LogP contribution in [0.1, 0.15) is 5.56 Å². The molecule has 0 N–H and O–H groups in total. The summed E-state index contributed by atoms with van der Waals surface area (Å²) in [6.07, 6.45) is -4.32. The number of rotatable bonds is 4. The quantitative estimate of drug-likeness (QED) is 0.217. The third-order valence-corrected chi connectivity index (χ3v) is 8.75. The van der Waals surface area contributed by atoms with E-state index in [2.05, 4.69) is 80.3 Å². The monoisotopic (exact) mass is 496 g/mol. The highest BCUT2D eigenvalue weighted by Crippen LogP contribution is 2.32. The van der Waals surface area contributed by atoms with Crippen molar-refractivity contribution in [3.63, 3.8) is 0 Å². The zero-order chi connectivity index (χ0) is 25.5. The Balaban J connectivity index is 1.38. The average Bonchev–Trinajstić information content (AvgIpc) is 2.87. The molecule has 180 valence electrons. The van der Waals surface area contributed by atoms with Gasteiger partial charge in [-0.05, 0) is 68.4 Å². The summed E-state index contributed by atoms with van der Waals surface area (Å²) in [5.41, 5.74) is 5.62. The van der Waals surface area contributed by atoms with Gasteiger partial charge in [0.1, 0.15) is 0 Å². The van der Waals surface area contributed by atoms with E-state index in [9.17, 15) is 13.2 Å². The van der Waals surface area contributed by atoms with Crippen molar-refractivity contribution in [2.24, 2.45) is 0 Å². The van der Waals surface area contributed by atoms with Crippen LogP contribution in [0.4, 0.5) is 13.2 Å². The molecule has 0 amide bonds. The van der Waals surface area contributed by atoms with Gasteiger partial charge < -0.3 is 0 Å². The summed E-state index contributed by atoms with van der Waals surface area (Å²) in [5, 5.41) is 3.81. The van der Waals surface area contributed by atoms with Gasteiger partial charge in [-0.25, -0.2) is 0 Å². The maximum Gasteiger partial charge on any atom is 0.416 e. The second-order valence-corrected chi connectivity index (χ2v) is 15.3. The Morgan fingerprint density at radius 3 is 1.17 bits per heavy atom. The number of halogens is 3. The first-order valence-electron chi connectivity index (χ1n) is 12.0. The Hall–Kier alpha value is -3.63. The van der Waals surface area contributed by atoms with Crippen molar-refractivity contribution in [1.29, 1.82) is 0 Å². The molecule has 4 heteroatoms. The van der Waals surface area contributed by atoms with E-state index in [1.165, 1.54) is 39.2 Å². The third-order valence-electron chi connectivity index (χ3n) is 6.69. The van der Waals surface area contributed by atoms with Gasteiger partial charge in [0, 0.05) is 0 Å². The first-order valence-corrected chi connectivity index (χ1v) is 15.5. The van der Waals surface area contributed by atoms with E-state index >= 15 is 0 Å². The van der Waals surface area contributed by atoms with Gasteiger partial charge >= 0.3 is 6.18 Å². The molecule has 0 aromatic heterocycles. The topological polar surface area (TPSA) is 0 Å². The molecule has 5 aromatic carbocycles. The Kier molecular flexibility index (Phi) is 6.09. The van der Waals surface area contributed by atoms with Crippen LogP contribution in [-0.4, -0.2) is 8.07 Å². The molecule has 36 heavy (non-hydrogen) atoms. The van der Waals surface area contributed by atoms with Gasteiger partial charge in [0.2, 0.25) is 0 Å². The van der Waals surface area contributed by atoms with Crippen molar-refractivity contribution in [1.82, 2.24) is 0 Å². The Morgan fingerprint density at radius 2 is 0.778 bits per heavy atom. The van der Waals surface area contributed by atoms with Gasteiger partial charge in [-0.15, -0.1) is 0 Å². The predicted octanol–water partition coefficient (Wildman–Crippen LogP) is 9.40. The molecule has 5 rings (SSSR count). The Bertz CT molecular complexity index is 1510. The van der Waals surface area contributed by atoms with E-state index in [4.69, 9.17) is 0 Å². The molecule has 0 fully saturated rings. The fourth-order valence-corrected chi connectivity index (χ4v) is 5.64. The highest BCUT2D eigenvalue weighted by molar-refractivity contribution is 6.88. The fraction of sp³-hybridized carbons (Fsp3) is 0.125. The van der Waals surface area contributed by atoms with Crippen LogP contribution in [-0.2, 0) is 6.18 Å². The van der Waals surface area contributed by atoms with E-state index in [-0.39, 0.29) is 0 Å². The molecule has 0 saturated heterocycles. The van der Waals surface area contributed by atoms with Crippen LogP contribution in [0.2, 0.25) is 19.6 Å². The lowest BCUT2D eigenvalue weighted by Gasteiger charge is -2.17. The molecule has 0 saturated carbocycles. The minimum Gasteiger partial charge on any atom is -0.166 e. The van der Waals surface area contributed by atoms with Crippen molar-refractivity contribution in [2.45, 2.75) is 25.8 Å². The van der Waals surface area contributed by atoms with E-state index < -0.39 is 19.8 Å². The van der Waals surface area contributed by atoms with E-state index in [0.717, 1.165) is 34.4 Å². The van der Waals surface area contributed by atoms with Gasteiger partial charge in [-0.1, -0.05) is 110 Å². The molecule has 0 spiro atoms. The molecular weight excluding hydrogens is 469 g/mol.